The molecule has 0 radical (unpaired) electrons. The molecule has 0 atom stereocenters. The number of aromatic nitrogens is 1. The molecule has 1 rings (SSSR count). The smallest absolute Gasteiger partial charge is 0.311 e. The van der Waals surface area contributed by atoms with Crippen LogP contribution in [0.2, 0.25) is 0 Å². The SMILES string of the molecule is C=C(CNC(C)C)Cn1cccc([N+](=O)[O-])c1=O. The van der Waals surface area contributed by atoms with Gasteiger partial charge in [0.2, 0.25) is 0 Å². The molecule has 0 bridgehead atoms. The van der Waals surface area contributed by atoms with E-state index < -0.39 is 16.2 Å². The van der Waals surface area contributed by atoms with Gasteiger partial charge in [0.1, 0.15) is 0 Å². The lowest BCUT2D eigenvalue weighted by Gasteiger charge is -2.11. The highest BCUT2D eigenvalue weighted by Gasteiger charge is 2.13. The van der Waals surface area contributed by atoms with Crippen LogP contribution in [-0.2, 0) is 6.54 Å². The fraction of sp³-hybridized carbons (Fsp3) is 0.417. The fourth-order valence-corrected chi connectivity index (χ4v) is 1.43. The van der Waals surface area contributed by atoms with E-state index in [2.05, 4.69) is 11.9 Å². The van der Waals surface area contributed by atoms with Gasteiger partial charge in [-0.3, -0.25) is 14.9 Å². The standard InChI is InChI=1S/C12H17N3O3/c1-9(2)13-7-10(3)8-14-6-4-5-11(12(14)16)15(17)18/h4-6,9,13H,3,7-8H2,1-2H3. The maximum atomic E-state index is 11.7. The highest BCUT2D eigenvalue weighted by atomic mass is 16.6. The van der Waals surface area contributed by atoms with Gasteiger partial charge in [-0.15, -0.1) is 0 Å². The molecule has 0 amide bonds. The molecule has 0 spiro atoms. The van der Waals surface area contributed by atoms with E-state index >= 15 is 0 Å². The number of nitrogens with zero attached hydrogens (tertiary/aromatic N) is 2. The zero-order chi connectivity index (χ0) is 13.7. The number of pyridine rings is 1. The Labute approximate surface area is 105 Å². The highest BCUT2D eigenvalue weighted by molar-refractivity contribution is 5.25. The van der Waals surface area contributed by atoms with Crippen LogP contribution in [0.5, 0.6) is 0 Å². The van der Waals surface area contributed by atoms with Crippen LogP contribution in [0.15, 0.2) is 35.3 Å². The quantitative estimate of drug-likeness (QED) is 0.470. The van der Waals surface area contributed by atoms with Gasteiger partial charge in [0.05, 0.1) is 4.92 Å². The third kappa shape index (κ3) is 3.81. The van der Waals surface area contributed by atoms with Crippen LogP contribution >= 0.6 is 0 Å². The number of nitro groups is 1. The molecule has 6 heteroatoms. The van der Waals surface area contributed by atoms with Crippen molar-refractivity contribution < 1.29 is 4.92 Å². The van der Waals surface area contributed by atoms with Gasteiger partial charge in [-0.2, -0.15) is 0 Å². The third-order valence-electron chi connectivity index (χ3n) is 2.35. The molecule has 98 valence electrons. The summed E-state index contributed by atoms with van der Waals surface area (Å²) in [6, 6.07) is 3.01. The van der Waals surface area contributed by atoms with E-state index in [1.165, 1.54) is 22.9 Å². The van der Waals surface area contributed by atoms with Gasteiger partial charge in [0.25, 0.3) is 0 Å². The zero-order valence-electron chi connectivity index (χ0n) is 10.5. The lowest BCUT2D eigenvalue weighted by atomic mass is 10.2. The summed E-state index contributed by atoms with van der Waals surface area (Å²) in [6.07, 6.45) is 1.52. The number of rotatable bonds is 6. The van der Waals surface area contributed by atoms with Crippen LogP contribution in [0, 0.1) is 10.1 Å². The van der Waals surface area contributed by atoms with Crippen molar-refractivity contribution in [3.8, 4) is 0 Å². The summed E-state index contributed by atoms with van der Waals surface area (Å²) in [5, 5.41) is 13.8. The summed E-state index contributed by atoms with van der Waals surface area (Å²) in [5.41, 5.74) is -0.221. The molecule has 1 heterocycles. The van der Waals surface area contributed by atoms with E-state index in [1.54, 1.807) is 0 Å². The van der Waals surface area contributed by atoms with Crippen LogP contribution in [0.1, 0.15) is 13.8 Å². The lowest BCUT2D eigenvalue weighted by molar-refractivity contribution is -0.386. The largest absolute Gasteiger partial charge is 0.334 e. The summed E-state index contributed by atoms with van der Waals surface area (Å²) < 4.78 is 1.29. The van der Waals surface area contributed by atoms with E-state index in [4.69, 9.17) is 0 Å². The number of nitrogens with one attached hydrogen (secondary N) is 1. The Bertz CT molecular complexity index is 506. The average Bonchev–Trinajstić information content (AvgIpc) is 2.29. The minimum absolute atomic E-state index is 0.278. The maximum Gasteiger partial charge on any atom is 0.334 e. The zero-order valence-corrected chi connectivity index (χ0v) is 10.5. The van der Waals surface area contributed by atoms with Crippen LogP contribution in [0.4, 0.5) is 5.69 Å². The Balaban J connectivity index is 2.80. The van der Waals surface area contributed by atoms with Crippen LogP contribution in [0.3, 0.4) is 0 Å². The fourth-order valence-electron chi connectivity index (χ4n) is 1.43. The van der Waals surface area contributed by atoms with E-state index in [1.807, 2.05) is 13.8 Å². The van der Waals surface area contributed by atoms with Crippen LogP contribution < -0.4 is 10.9 Å². The normalized spacial score (nSPS) is 10.6. The molecule has 0 aliphatic heterocycles. The predicted octanol–water partition coefficient (Wildman–Crippen LogP) is 1.31. The van der Waals surface area contributed by atoms with Crippen molar-refractivity contribution in [2.24, 2.45) is 0 Å². The first-order valence-electron chi connectivity index (χ1n) is 5.65. The van der Waals surface area contributed by atoms with Gasteiger partial charge in [-0.05, 0) is 11.6 Å². The summed E-state index contributed by atoms with van der Waals surface area (Å²) in [6.45, 7) is 8.71. The maximum absolute atomic E-state index is 11.7. The van der Waals surface area contributed by atoms with Gasteiger partial charge < -0.3 is 9.88 Å². The summed E-state index contributed by atoms with van der Waals surface area (Å²) >= 11 is 0. The molecule has 0 saturated heterocycles. The van der Waals surface area contributed by atoms with Crippen molar-refractivity contribution in [3.63, 3.8) is 0 Å². The minimum Gasteiger partial charge on any atom is -0.311 e. The van der Waals surface area contributed by atoms with Gasteiger partial charge in [0.15, 0.2) is 0 Å². The second-order valence-corrected chi connectivity index (χ2v) is 4.37. The first-order valence-corrected chi connectivity index (χ1v) is 5.65. The molecule has 0 fully saturated rings. The number of hydrogen-bond acceptors (Lipinski definition) is 4. The lowest BCUT2D eigenvalue weighted by Crippen LogP contribution is -2.28. The van der Waals surface area contributed by atoms with E-state index in [-0.39, 0.29) is 6.54 Å². The van der Waals surface area contributed by atoms with Crippen molar-refractivity contribution in [1.82, 2.24) is 9.88 Å². The average molecular weight is 251 g/mol. The molecule has 0 saturated carbocycles. The summed E-state index contributed by atoms with van der Waals surface area (Å²) in [7, 11) is 0. The van der Waals surface area contributed by atoms with Crippen molar-refractivity contribution in [2.75, 3.05) is 6.54 Å². The molecule has 1 N–H and O–H groups in total. The summed E-state index contributed by atoms with van der Waals surface area (Å²) in [4.78, 5) is 21.7. The Morgan fingerprint density at radius 1 is 1.61 bits per heavy atom. The van der Waals surface area contributed by atoms with Crippen LogP contribution in [0.25, 0.3) is 0 Å². The second-order valence-electron chi connectivity index (χ2n) is 4.37. The Morgan fingerprint density at radius 3 is 2.83 bits per heavy atom. The molecule has 0 aliphatic carbocycles. The van der Waals surface area contributed by atoms with E-state index in [0.29, 0.717) is 12.6 Å². The first-order chi connectivity index (χ1) is 8.41. The Hall–Kier alpha value is -1.95. The first kappa shape index (κ1) is 14.1. The Morgan fingerprint density at radius 2 is 2.28 bits per heavy atom. The minimum atomic E-state index is -0.673. The predicted molar refractivity (Wildman–Crippen MR) is 69.6 cm³/mol. The van der Waals surface area contributed by atoms with Crippen LogP contribution in [-0.4, -0.2) is 22.1 Å². The Kier molecular flexibility index (Phi) is 4.79. The van der Waals surface area contributed by atoms with Crippen molar-refractivity contribution in [1.29, 1.82) is 0 Å². The second kappa shape index (κ2) is 6.11. The molecule has 18 heavy (non-hydrogen) atoms. The van der Waals surface area contributed by atoms with Crippen molar-refractivity contribution in [3.05, 3.63) is 50.9 Å². The molecule has 6 nitrogen and oxygen atoms in total. The topological polar surface area (TPSA) is 77.2 Å². The molecular weight excluding hydrogens is 234 g/mol. The molecular formula is C12H17N3O3. The van der Waals surface area contributed by atoms with Gasteiger partial charge in [0, 0.05) is 31.4 Å². The van der Waals surface area contributed by atoms with E-state index in [0.717, 1.165) is 5.57 Å². The molecule has 1 aromatic heterocycles. The van der Waals surface area contributed by atoms with Gasteiger partial charge in [-0.25, -0.2) is 0 Å². The molecule has 1 aromatic rings. The number of hydrogen-bond donors (Lipinski definition) is 1. The molecule has 0 unspecified atom stereocenters. The highest BCUT2D eigenvalue weighted by Crippen LogP contribution is 2.03. The van der Waals surface area contributed by atoms with E-state index in [9.17, 15) is 14.9 Å². The molecule has 0 aromatic carbocycles. The van der Waals surface area contributed by atoms with Crippen molar-refractivity contribution in [2.45, 2.75) is 26.4 Å². The van der Waals surface area contributed by atoms with Crippen molar-refractivity contribution >= 4 is 5.69 Å². The molecule has 0 aliphatic rings. The van der Waals surface area contributed by atoms with Gasteiger partial charge >= 0.3 is 11.2 Å². The monoisotopic (exact) mass is 251 g/mol. The van der Waals surface area contributed by atoms with Gasteiger partial charge in [-0.1, -0.05) is 20.4 Å². The third-order valence-corrected chi connectivity index (χ3v) is 2.35. The summed E-state index contributed by atoms with van der Waals surface area (Å²) in [5.74, 6) is 0.